The first kappa shape index (κ1) is 15.1. The molecule has 0 saturated carbocycles. The minimum Gasteiger partial charge on any atom is -0.497 e. The van der Waals surface area contributed by atoms with Crippen LogP contribution in [-0.4, -0.2) is 25.3 Å². The van der Waals surface area contributed by atoms with Crippen molar-refractivity contribution < 1.29 is 9.84 Å². The molecule has 1 radical (unpaired) electrons. The number of methoxy groups -OCH3 is 1. The molecule has 3 nitrogen and oxygen atoms in total. The van der Waals surface area contributed by atoms with Gasteiger partial charge in [0, 0.05) is 13.1 Å². The van der Waals surface area contributed by atoms with E-state index in [1.54, 1.807) is 7.11 Å². The summed E-state index contributed by atoms with van der Waals surface area (Å²) in [5.41, 5.74) is 0.905. The Kier molecular flexibility index (Phi) is 4.46. The maximum Gasteiger partial charge on any atom is 0.118 e. The van der Waals surface area contributed by atoms with E-state index < -0.39 is 5.60 Å². The van der Waals surface area contributed by atoms with Gasteiger partial charge in [0.1, 0.15) is 11.4 Å². The zero-order chi connectivity index (χ0) is 15.4. The Balaban J connectivity index is 2.05. The van der Waals surface area contributed by atoms with Crippen molar-refractivity contribution in [3.8, 4) is 5.75 Å². The predicted octanol–water partition coefficient (Wildman–Crippen LogP) is 2.95. The summed E-state index contributed by atoms with van der Waals surface area (Å²) in [4.78, 5) is 0. The lowest BCUT2D eigenvalue weighted by atomic mass is 9.72. The smallest absolute Gasteiger partial charge is 0.118 e. The van der Waals surface area contributed by atoms with Crippen molar-refractivity contribution in [3.05, 3.63) is 65.7 Å². The highest BCUT2D eigenvalue weighted by Gasteiger charge is 2.40. The van der Waals surface area contributed by atoms with Gasteiger partial charge in [0.05, 0.1) is 7.11 Å². The lowest BCUT2D eigenvalue weighted by Gasteiger charge is -2.39. The van der Waals surface area contributed by atoms with Crippen LogP contribution in [0.25, 0.3) is 0 Å². The minimum atomic E-state index is -0.969. The van der Waals surface area contributed by atoms with Gasteiger partial charge in [-0.05, 0) is 42.0 Å². The van der Waals surface area contributed by atoms with Gasteiger partial charge in [-0.3, -0.25) is 0 Å². The quantitative estimate of drug-likeness (QED) is 0.942. The van der Waals surface area contributed by atoms with Crippen LogP contribution in [0.5, 0.6) is 5.75 Å². The Hall–Kier alpha value is -1.84. The Labute approximate surface area is 131 Å². The van der Waals surface area contributed by atoms with Crippen LogP contribution in [-0.2, 0) is 5.60 Å². The average Bonchev–Trinajstić information content (AvgIpc) is 2.62. The first-order chi connectivity index (χ1) is 10.7. The van der Waals surface area contributed by atoms with E-state index in [1.807, 2.05) is 54.6 Å². The molecule has 115 valence electrons. The van der Waals surface area contributed by atoms with Gasteiger partial charge < -0.3 is 9.84 Å². The normalized spacial score (nSPS) is 18.6. The Morgan fingerprint density at radius 2 is 1.55 bits per heavy atom. The van der Waals surface area contributed by atoms with E-state index in [0.29, 0.717) is 0 Å². The van der Waals surface area contributed by atoms with Gasteiger partial charge in [-0.2, -0.15) is 0 Å². The molecule has 1 fully saturated rings. The van der Waals surface area contributed by atoms with Crippen molar-refractivity contribution in [2.45, 2.75) is 18.4 Å². The molecule has 1 heterocycles. The van der Waals surface area contributed by atoms with Crippen LogP contribution in [0, 0.1) is 5.92 Å². The van der Waals surface area contributed by atoms with Crippen LogP contribution >= 0.6 is 0 Å². The molecule has 1 aliphatic rings. The summed E-state index contributed by atoms with van der Waals surface area (Å²) in [5, 5.41) is 16.1. The summed E-state index contributed by atoms with van der Waals surface area (Å²) < 4.78 is 5.24. The second-order valence-electron chi connectivity index (χ2n) is 5.81. The van der Waals surface area contributed by atoms with Crippen molar-refractivity contribution >= 4 is 0 Å². The second-order valence-corrected chi connectivity index (χ2v) is 5.81. The van der Waals surface area contributed by atoms with Gasteiger partial charge >= 0.3 is 0 Å². The van der Waals surface area contributed by atoms with Crippen LogP contribution in [0.15, 0.2) is 54.6 Å². The predicted molar refractivity (Wildman–Crippen MR) is 87.0 cm³/mol. The molecular formula is C19H22NO2. The number of benzene rings is 2. The summed E-state index contributed by atoms with van der Waals surface area (Å²) in [5.74, 6) is 0.985. The number of rotatable bonds is 4. The summed E-state index contributed by atoms with van der Waals surface area (Å²) in [6.07, 6.45) is 1.83. The molecule has 1 atom stereocenters. The van der Waals surface area contributed by atoms with Crippen LogP contribution < -0.4 is 10.1 Å². The van der Waals surface area contributed by atoms with Gasteiger partial charge in [-0.1, -0.05) is 42.5 Å². The monoisotopic (exact) mass is 296 g/mol. The summed E-state index contributed by atoms with van der Waals surface area (Å²) in [6.45, 7) is 1.66. The zero-order valence-electron chi connectivity index (χ0n) is 12.9. The summed E-state index contributed by atoms with van der Waals surface area (Å²) in [7, 11) is 1.65. The fraction of sp³-hybridized carbons (Fsp3) is 0.368. The molecule has 1 N–H and O–H groups in total. The molecule has 3 heteroatoms. The molecule has 0 aliphatic carbocycles. The maximum absolute atomic E-state index is 11.7. The molecular weight excluding hydrogens is 274 g/mol. The third-order valence-electron chi connectivity index (χ3n) is 4.61. The third-order valence-corrected chi connectivity index (χ3v) is 4.61. The molecule has 22 heavy (non-hydrogen) atoms. The molecule has 3 rings (SSSR count). The van der Waals surface area contributed by atoms with E-state index in [-0.39, 0.29) is 5.92 Å². The first-order valence-corrected chi connectivity index (χ1v) is 7.81. The summed E-state index contributed by atoms with van der Waals surface area (Å²) >= 11 is 0. The van der Waals surface area contributed by atoms with Crippen molar-refractivity contribution in [3.63, 3.8) is 0 Å². The van der Waals surface area contributed by atoms with E-state index in [0.717, 1.165) is 42.8 Å². The van der Waals surface area contributed by atoms with Crippen LogP contribution in [0.1, 0.15) is 24.0 Å². The van der Waals surface area contributed by atoms with Crippen LogP contribution in [0.3, 0.4) is 0 Å². The maximum atomic E-state index is 11.7. The van der Waals surface area contributed by atoms with E-state index >= 15 is 0 Å². The SMILES string of the molecule is COc1ccc(C(O)(c2ccccc2)C2CC[N]CC2)cc1. The highest BCUT2D eigenvalue weighted by Crippen LogP contribution is 2.41. The van der Waals surface area contributed by atoms with E-state index in [4.69, 9.17) is 4.74 Å². The number of piperidine rings is 1. The zero-order valence-corrected chi connectivity index (χ0v) is 12.9. The molecule has 0 bridgehead atoms. The second kappa shape index (κ2) is 6.51. The fourth-order valence-corrected chi connectivity index (χ4v) is 3.34. The molecule has 1 unspecified atom stereocenters. The molecule has 1 saturated heterocycles. The highest BCUT2D eigenvalue weighted by atomic mass is 16.5. The topological polar surface area (TPSA) is 43.6 Å². The number of ether oxygens (including phenoxy) is 1. The standard InChI is InChI=1S/C19H22NO2/c1-22-18-9-7-16(8-10-18)19(21,15-5-3-2-4-6-15)17-11-13-20-14-12-17/h2-10,17,21H,11-14H2,1H3. The average molecular weight is 296 g/mol. The largest absolute Gasteiger partial charge is 0.497 e. The minimum absolute atomic E-state index is 0.181. The van der Waals surface area contributed by atoms with Crippen molar-refractivity contribution in [2.75, 3.05) is 20.2 Å². The first-order valence-electron chi connectivity index (χ1n) is 7.81. The molecule has 2 aromatic carbocycles. The lowest BCUT2D eigenvalue weighted by molar-refractivity contribution is 0.00196. The molecule has 0 spiro atoms. The van der Waals surface area contributed by atoms with Crippen LogP contribution in [0.2, 0.25) is 0 Å². The van der Waals surface area contributed by atoms with Gasteiger partial charge in [-0.25, -0.2) is 5.32 Å². The summed E-state index contributed by atoms with van der Waals surface area (Å²) in [6, 6.07) is 17.7. The number of hydrogen-bond acceptors (Lipinski definition) is 2. The van der Waals surface area contributed by atoms with Crippen molar-refractivity contribution in [2.24, 2.45) is 5.92 Å². The van der Waals surface area contributed by atoms with Crippen LogP contribution in [0.4, 0.5) is 0 Å². The highest BCUT2D eigenvalue weighted by molar-refractivity contribution is 5.39. The number of aliphatic hydroxyl groups is 1. The Morgan fingerprint density at radius 1 is 0.955 bits per heavy atom. The molecule has 0 amide bonds. The molecule has 1 aliphatic heterocycles. The number of hydrogen-bond donors (Lipinski definition) is 1. The van der Waals surface area contributed by atoms with Gasteiger partial charge in [-0.15, -0.1) is 0 Å². The molecule has 2 aromatic rings. The third kappa shape index (κ3) is 2.74. The van der Waals surface area contributed by atoms with Crippen molar-refractivity contribution in [1.29, 1.82) is 0 Å². The van der Waals surface area contributed by atoms with Gasteiger partial charge in [0.15, 0.2) is 0 Å². The van der Waals surface area contributed by atoms with E-state index in [1.165, 1.54) is 0 Å². The van der Waals surface area contributed by atoms with E-state index in [9.17, 15) is 5.11 Å². The number of nitrogens with zero attached hydrogens (tertiary/aromatic N) is 1. The van der Waals surface area contributed by atoms with Gasteiger partial charge in [0.25, 0.3) is 0 Å². The molecule has 0 aromatic heterocycles. The van der Waals surface area contributed by atoms with Gasteiger partial charge in [0.2, 0.25) is 0 Å². The van der Waals surface area contributed by atoms with Crippen molar-refractivity contribution in [1.82, 2.24) is 5.32 Å². The Bertz CT molecular complexity index is 591. The fourth-order valence-electron chi connectivity index (χ4n) is 3.34. The van der Waals surface area contributed by atoms with E-state index in [2.05, 4.69) is 5.32 Å². The lowest BCUT2D eigenvalue weighted by Crippen LogP contribution is -2.41. The Morgan fingerprint density at radius 3 is 2.14 bits per heavy atom.